The van der Waals surface area contributed by atoms with Gasteiger partial charge in [-0.25, -0.2) is 0 Å². The highest BCUT2D eigenvalue weighted by molar-refractivity contribution is 8.00. The van der Waals surface area contributed by atoms with Crippen LogP contribution in [0.4, 0.5) is 0 Å². The molecule has 1 fully saturated rings. The Bertz CT molecular complexity index is 607. The fourth-order valence-corrected chi connectivity index (χ4v) is 3.81. The summed E-state index contributed by atoms with van der Waals surface area (Å²) in [6, 6.07) is 5.53. The molecule has 2 rings (SSSR count). The molecule has 0 aliphatic carbocycles. The summed E-state index contributed by atoms with van der Waals surface area (Å²) in [5.74, 6) is 1.15. The van der Waals surface area contributed by atoms with Crippen LogP contribution in [0.5, 0.6) is 11.5 Å². The average Bonchev–Trinajstić information content (AvgIpc) is 2.98. The fraction of sp³-hybridized carbons (Fsp3) is 0.556. The zero-order valence-electron chi connectivity index (χ0n) is 14.9. The molecule has 7 heteroatoms. The number of ether oxygens (including phenoxy) is 3. The van der Waals surface area contributed by atoms with Crippen LogP contribution in [-0.2, 0) is 14.3 Å². The van der Waals surface area contributed by atoms with Crippen LogP contribution in [0, 0.1) is 0 Å². The third-order valence-electron chi connectivity index (χ3n) is 3.97. The number of thioether (sulfide) groups is 1. The predicted molar refractivity (Wildman–Crippen MR) is 96.9 cm³/mol. The van der Waals surface area contributed by atoms with Crippen LogP contribution >= 0.6 is 11.8 Å². The van der Waals surface area contributed by atoms with Crippen molar-refractivity contribution in [1.29, 1.82) is 0 Å². The highest BCUT2D eigenvalue weighted by atomic mass is 32.2. The minimum absolute atomic E-state index is 0.0308. The summed E-state index contributed by atoms with van der Waals surface area (Å²) in [5, 5.41) is -0.226. The largest absolute Gasteiger partial charge is 0.493 e. The van der Waals surface area contributed by atoms with Crippen molar-refractivity contribution in [1.82, 2.24) is 4.90 Å². The van der Waals surface area contributed by atoms with Crippen molar-refractivity contribution in [3.63, 3.8) is 0 Å². The molecule has 1 aromatic carbocycles. The molecule has 25 heavy (non-hydrogen) atoms. The highest BCUT2D eigenvalue weighted by Gasteiger charge is 2.35. The second kappa shape index (κ2) is 9.56. The molecule has 0 radical (unpaired) electrons. The molecule has 1 saturated heterocycles. The van der Waals surface area contributed by atoms with Crippen molar-refractivity contribution in [2.24, 2.45) is 0 Å². The first-order valence-electron chi connectivity index (χ1n) is 8.39. The number of unbranched alkanes of at least 4 members (excludes halogenated alkanes) is 2. The van der Waals surface area contributed by atoms with Crippen LogP contribution in [0.2, 0.25) is 0 Å². The van der Waals surface area contributed by atoms with E-state index in [1.165, 1.54) is 11.8 Å². The topological polar surface area (TPSA) is 65.1 Å². The maximum absolute atomic E-state index is 12.2. The number of carbonyl (C=O) groups is 2. The summed E-state index contributed by atoms with van der Waals surface area (Å²) in [7, 11) is 3.15. The molecule has 0 spiro atoms. The van der Waals surface area contributed by atoms with Gasteiger partial charge in [0.15, 0.2) is 11.5 Å². The highest BCUT2D eigenvalue weighted by Crippen LogP contribution is 2.41. The van der Waals surface area contributed by atoms with Gasteiger partial charge in [-0.05, 0) is 24.1 Å². The maximum Gasteiger partial charge on any atom is 0.325 e. The maximum atomic E-state index is 12.2. The SMILES string of the molecule is CCCCCOC(=O)CN1C(=O)CSC1c1ccc(OC)c(OC)c1. The molecular formula is C18H25NO5S. The third-order valence-corrected chi connectivity index (χ3v) is 5.23. The number of hydrogen-bond donors (Lipinski definition) is 0. The molecule has 0 bridgehead atoms. The van der Waals surface area contributed by atoms with Gasteiger partial charge in [0.1, 0.15) is 11.9 Å². The summed E-state index contributed by atoms with van der Waals surface area (Å²) >= 11 is 1.49. The van der Waals surface area contributed by atoms with E-state index in [2.05, 4.69) is 6.92 Å². The Kier molecular flexibility index (Phi) is 7.43. The fourth-order valence-electron chi connectivity index (χ4n) is 2.63. The van der Waals surface area contributed by atoms with E-state index < -0.39 is 0 Å². The van der Waals surface area contributed by atoms with Gasteiger partial charge in [-0.15, -0.1) is 11.8 Å². The van der Waals surface area contributed by atoms with Gasteiger partial charge >= 0.3 is 5.97 Å². The van der Waals surface area contributed by atoms with Gasteiger partial charge in [0.05, 0.1) is 26.6 Å². The van der Waals surface area contributed by atoms with Gasteiger partial charge in [-0.2, -0.15) is 0 Å². The first-order chi connectivity index (χ1) is 12.1. The normalized spacial score (nSPS) is 16.8. The first kappa shape index (κ1) is 19.4. The molecule has 1 unspecified atom stereocenters. The number of amides is 1. The molecule has 0 saturated carbocycles. The summed E-state index contributed by atoms with van der Waals surface area (Å²) < 4.78 is 15.8. The Hall–Kier alpha value is -1.89. The van der Waals surface area contributed by atoms with Gasteiger partial charge in [0.2, 0.25) is 5.91 Å². The molecule has 0 aromatic heterocycles. The molecule has 1 amide bonds. The quantitative estimate of drug-likeness (QED) is 0.494. The van der Waals surface area contributed by atoms with E-state index in [4.69, 9.17) is 14.2 Å². The van der Waals surface area contributed by atoms with Gasteiger partial charge in [0.25, 0.3) is 0 Å². The lowest BCUT2D eigenvalue weighted by Gasteiger charge is -2.24. The number of methoxy groups -OCH3 is 2. The Morgan fingerprint density at radius 3 is 2.68 bits per heavy atom. The van der Waals surface area contributed by atoms with E-state index in [0.717, 1.165) is 24.8 Å². The molecule has 1 aliphatic heterocycles. The van der Waals surface area contributed by atoms with Crippen molar-refractivity contribution in [3.8, 4) is 11.5 Å². The number of hydrogen-bond acceptors (Lipinski definition) is 6. The number of nitrogens with zero attached hydrogens (tertiary/aromatic N) is 1. The summed E-state index contributed by atoms with van der Waals surface area (Å²) in [6.45, 7) is 2.47. The lowest BCUT2D eigenvalue weighted by atomic mass is 10.2. The van der Waals surface area contributed by atoms with Gasteiger partial charge in [-0.3, -0.25) is 9.59 Å². The molecule has 1 atom stereocenters. The van der Waals surface area contributed by atoms with E-state index in [1.54, 1.807) is 25.2 Å². The van der Waals surface area contributed by atoms with Crippen molar-refractivity contribution in [3.05, 3.63) is 23.8 Å². The smallest absolute Gasteiger partial charge is 0.325 e. The number of benzene rings is 1. The van der Waals surface area contributed by atoms with E-state index >= 15 is 0 Å². The van der Waals surface area contributed by atoms with Crippen molar-refractivity contribution < 1.29 is 23.8 Å². The first-order valence-corrected chi connectivity index (χ1v) is 9.44. The number of rotatable bonds is 9. The van der Waals surface area contributed by atoms with Crippen LogP contribution in [0.3, 0.4) is 0 Å². The van der Waals surface area contributed by atoms with E-state index in [9.17, 15) is 9.59 Å². The van der Waals surface area contributed by atoms with E-state index in [-0.39, 0.29) is 23.8 Å². The molecule has 1 aliphatic rings. The number of esters is 1. The zero-order valence-corrected chi connectivity index (χ0v) is 15.8. The van der Waals surface area contributed by atoms with Gasteiger partial charge in [0, 0.05) is 0 Å². The third kappa shape index (κ3) is 5.04. The Morgan fingerprint density at radius 2 is 2.00 bits per heavy atom. The van der Waals surface area contributed by atoms with Gasteiger partial charge in [-0.1, -0.05) is 25.8 Å². The Labute approximate surface area is 152 Å². The van der Waals surface area contributed by atoms with Crippen LogP contribution in [0.25, 0.3) is 0 Å². The molecule has 6 nitrogen and oxygen atoms in total. The monoisotopic (exact) mass is 367 g/mol. The second-order valence-electron chi connectivity index (χ2n) is 5.73. The van der Waals surface area contributed by atoms with Crippen molar-refractivity contribution in [2.45, 2.75) is 31.6 Å². The predicted octanol–water partition coefficient (Wildman–Crippen LogP) is 3.01. The Balaban J connectivity index is 2.04. The lowest BCUT2D eigenvalue weighted by molar-refractivity contribution is -0.148. The molecular weight excluding hydrogens is 342 g/mol. The Morgan fingerprint density at radius 1 is 1.24 bits per heavy atom. The zero-order chi connectivity index (χ0) is 18.2. The molecule has 0 N–H and O–H groups in total. The van der Waals surface area contributed by atoms with E-state index in [1.807, 2.05) is 12.1 Å². The summed E-state index contributed by atoms with van der Waals surface area (Å²) in [5.41, 5.74) is 0.896. The van der Waals surface area contributed by atoms with Gasteiger partial charge < -0.3 is 19.1 Å². The molecule has 1 aromatic rings. The van der Waals surface area contributed by atoms with Crippen molar-refractivity contribution >= 4 is 23.6 Å². The lowest BCUT2D eigenvalue weighted by Crippen LogP contribution is -2.34. The molecule has 1 heterocycles. The second-order valence-corrected chi connectivity index (χ2v) is 6.80. The van der Waals surface area contributed by atoms with E-state index in [0.29, 0.717) is 23.9 Å². The molecule has 138 valence electrons. The van der Waals surface area contributed by atoms with Crippen molar-refractivity contribution in [2.75, 3.05) is 33.1 Å². The average molecular weight is 367 g/mol. The van der Waals surface area contributed by atoms with Crippen LogP contribution < -0.4 is 9.47 Å². The summed E-state index contributed by atoms with van der Waals surface area (Å²) in [4.78, 5) is 25.8. The minimum atomic E-state index is -0.363. The standard InChI is InChI=1S/C18H25NO5S/c1-4-5-6-9-24-17(21)11-19-16(20)12-25-18(19)13-7-8-14(22-2)15(10-13)23-3/h7-8,10,18H,4-6,9,11-12H2,1-3H3. The van der Waals surface area contributed by atoms with Crippen LogP contribution in [-0.4, -0.2) is 49.9 Å². The van der Waals surface area contributed by atoms with Crippen LogP contribution in [0.15, 0.2) is 18.2 Å². The minimum Gasteiger partial charge on any atom is -0.493 e. The summed E-state index contributed by atoms with van der Waals surface area (Å²) in [6.07, 6.45) is 2.95. The van der Waals surface area contributed by atoms with Crippen LogP contribution in [0.1, 0.15) is 37.1 Å². The number of carbonyl (C=O) groups excluding carboxylic acids is 2.